The number of rotatable bonds is 5. The maximum Gasteiger partial charge on any atom is 0.307 e. The number of para-hydroxylation sites is 1. The molecule has 0 aliphatic rings. The molecule has 2 N–H and O–H groups in total. The Morgan fingerprint density at radius 3 is 2.42 bits per heavy atom. The third-order valence-corrected chi connectivity index (χ3v) is 2.74. The molecule has 0 radical (unpaired) electrons. The molecule has 0 spiro atoms. The number of aliphatic carboxylic acids is 1. The number of benzene rings is 1. The third kappa shape index (κ3) is 6.04. The van der Waals surface area contributed by atoms with E-state index in [1.807, 2.05) is 0 Å². The molecule has 0 aromatic heterocycles. The van der Waals surface area contributed by atoms with Crippen molar-refractivity contribution in [2.45, 2.75) is 40.0 Å². The molecule has 1 aromatic carbocycles. The Kier molecular flexibility index (Phi) is 5.10. The number of anilines is 1. The molecule has 1 aromatic rings. The van der Waals surface area contributed by atoms with Gasteiger partial charge in [0.05, 0.1) is 6.42 Å². The van der Waals surface area contributed by atoms with Gasteiger partial charge in [0.2, 0.25) is 5.91 Å². The Morgan fingerprint density at radius 2 is 1.84 bits per heavy atom. The standard InChI is InChI=1S/C15H21NO3/c1-15(2,3)9-8-13(17)16-12-7-5-4-6-11(12)10-14(18)19/h4-7H,8-10H2,1-3H3,(H,16,17)(H,18,19). The lowest BCUT2D eigenvalue weighted by atomic mass is 9.90. The highest BCUT2D eigenvalue weighted by Gasteiger charge is 2.14. The Morgan fingerprint density at radius 1 is 1.21 bits per heavy atom. The van der Waals surface area contributed by atoms with Gasteiger partial charge in [-0.1, -0.05) is 39.0 Å². The van der Waals surface area contributed by atoms with Gasteiger partial charge >= 0.3 is 5.97 Å². The number of hydrogen-bond donors (Lipinski definition) is 2. The van der Waals surface area contributed by atoms with Gasteiger partial charge in [0.15, 0.2) is 0 Å². The van der Waals surface area contributed by atoms with Crippen molar-refractivity contribution < 1.29 is 14.7 Å². The zero-order valence-electron chi connectivity index (χ0n) is 11.7. The summed E-state index contributed by atoms with van der Waals surface area (Å²) in [5.74, 6) is -0.982. The minimum Gasteiger partial charge on any atom is -0.481 e. The van der Waals surface area contributed by atoms with Crippen molar-refractivity contribution in [2.24, 2.45) is 5.41 Å². The van der Waals surface area contributed by atoms with Gasteiger partial charge in [-0.2, -0.15) is 0 Å². The Labute approximate surface area is 113 Å². The summed E-state index contributed by atoms with van der Waals surface area (Å²) in [5.41, 5.74) is 1.32. The summed E-state index contributed by atoms with van der Waals surface area (Å²) in [6, 6.07) is 6.99. The first kappa shape index (κ1) is 15.2. The molecule has 4 heteroatoms. The molecular formula is C15H21NO3. The first-order valence-corrected chi connectivity index (χ1v) is 6.37. The van der Waals surface area contributed by atoms with Crippen molar-refractivity contribution in [1.29, 1.82) is 0 Å². The second-order valence-corrected chi connectivity index (χ2v) is 5.84. The maximum absolute atomic E-state index is 11.8. The predicted octanol–water partition coefficient (Wildman–Crippen LogP) is 3.08. The van der Waals surface area contributed by atoms with Gasteiger partial charge < -0.3 is 10.4 Å². The molecule has 104 valence electrons. The van der Waals surface area contributed by atoms with Crippen molar-refractivity contribution in [1.82, 2.24) is 0 Å². The number of hydrogen-bond acceptors (Lipinski definition) is 2. The first-order chi connectivity index (χ1) is 8.78. The fraction of sp³-hybridized carbons (Fsp3) is 0.467. The van der Waals surface area contributed by atoms with E-state index in [2.05, 4.69) is 26.1 Å². The average molecular weight is 263 g/mol. The van der Waals surface area contributed by atoms with Crippen LogP contribution in [0.15, 0.2) is 24.3 Å². The van der Waals surface area contributed by atoms with Crippen LogP contribution in [0.4, 0.5) is 5.69 Å². The van der Waals surface area contributed by atoms with E-state index in [4.69, 9.17) is 5.11 Å². The fourth-order valence-electron chi connectivity index (χ4n) is 1.66. The van der Waals surface area contributed by atoms with Crippen molar-refractivity contribution in [2.75, 3.05) is 5.32 Å². The molecule has 0 aliphatic carbocycles. The Hall–Kier alpha value is -1.84. The number of carbonyl (C=O) groups is 2. The molecule has 0 saturated carbocycles. The number of nitrogens with one attached hydrogen (secondary N) is 1. The molecule has 0 unspecified atom stereocenters. The third-order valence-electron chi connectivity index (χ3n) is 2.74. The van der Waals surface area contributed by atoms with Gasteiger partial charge in [0, 0.05) is 12.1 Å². The normalized spacial score (nSPS) is 11.1. The van der Waals surface area contributed by atoms with Crippen LogP contribution in [0.3, 0.4) is 0 Å². The number of carbonyl (C=O) groups excluding carboxylic acids is 1. The molecule has 19 heavy (non-hydrogen) atoms. The zero-order chi connectivity index (χ0) is 14.5. The smallest absolute Gasteiger partial charge is 0.307 e. The summed E-state index contributed by atoms with van der Waals surface area (Å²) < 4.78 is 0. The van der Waals surface area contributed by atoms with Crippen LogP contribution >= 0.6 is 0 Å². The van der Waals surface area contributed by atoms with Crippen LogP contribution in [0, 0.1) is 5.41 Å². The van der Waals surface area contributed by atoms with Crippen LogP contribution in [-0.4, -0.2) is 17.0 Å². The van der Waals surface area contributed by atoms with Gasteiger partial charge in [0.1, 0.15) is 0 Å². The van der Waals surface area contributed by atoms with Crippen LogP contribution in [0.5, 0.6) is 0 Å². The highest BCUT2D eigenvalue weighted by molar-refractivity contribution is 5.92. The number of carboxylic acid groups (broad SMARTS) is 1. The summed E-state index contributed by atoms with van der Waals surface area (Å²) in [7, 11) is 0. The molecule has 0 aliphatic heterocycles. The van der Waals surface area contributed by atoms with Crippen molar-refractivity contribution in [3.05, 3.63) is 29.8 Å². The van der Waals surface area contributed by atoms with Crippen molar-refractivity contribution >= 4 is 17.6 Å². The predicted molar refractivity (Wildman–Crippen MR) is 75.1 cm³/mol. The second-order valence-electron chi connectivity index (χ2n) is 5.84. The number of carboxylic acids is 1. The lowest BCUT2D eigenvalue weighted by Gasteiger charge is -2.17. The van der Waals surface area contributed by atoms with Crippen molar-refractivity contribution in [3.63, 3.8) is 0 Å². The van der Waals surface area contributed by atoms with Crippen LogP contribution in [0.2, 0.25) is 0 Å². The minimum absolute atomic E-state index is 0.0761. The van der Waals surface area contributed by atoms with E-state index >= 15 is 0 Å². The topological polar surface area (TPSA) is 66.4 Å². The summed E-state index contributed by atoms with van der Waals surface area (Å²) in [6.07, 6.45) is 1.14. The molecule has 0 saturated heterocycles. The lowest BCUT2D eigenvalue weighted by molar-refractivity contribution is -0.136. The highest BCUT2D eigenvalue weighted by Crippen LogP contribution is 2.22. The molecule has 0 atom stereocenters. The summed E-state index contributed by atoms with van der Waals surface area (Å²) in [4.78, 5) is 22.6. The molecular weight excluding hydrogens is 242 g/mol. The van der Waals surface area contributed by atoms with E-state index < -0.39 is 5.97 Å². The average Bonchev–Trinajstić information content (AvgIpc) is 2.27. The summed E-state index contributed by atoms with van der Waals surface area (Å²) in [5, 5.41) is 11.6. The van der Waals surface area contributed by atoms with E-state index in [0.29, 0.717) is 17.7 Å². The second kappa shape index (κ2) is 6.36. The fourth-order valence-corrected chi connectivity index (χ4v) is 1.66. The van der Waals surface area contributed by atoms with E-state index in [1.54, 1.807) is 24.3 Å². The summed E-state index contributed by atoms with van der Waals surface area (Å²) in [6.45, 7) is 6.25. The van der Waals surface area contributed by atoms with Crippen molar-refractivity contribution in [3.8, 4) is 0 Å². The van der Waals surface area contributed by atoms with E-state index in [-0.39, 0.29) is 17.7 Å². The van der Waals surface area contributed by atoms with Gasteiger partial charge in [-0.25, -0.2) is 0 Å². The van der Waals surface area contributed by atoms with Crippen LogP contribution in [0.25, 0.3) is 0 Å². The Balaban J connectivity index is 2.66. The molecule has 0 heterocycles. The van der Waals surface area contributed by atoms with E-state index in [9.17, 15) is 9.59 Å². The largest absolute Gasteiger partial charge is 0.481 e. The molecule has 1 amide bonds. The molecule has 0 fully saturated rings. The molecule has 0 bridgehead atoms. The highest BCUT2D eigenvalue weighted by atomic mass is 16.4. The lowest BCUT2D eigenvalue weighted by Crippen LogP contribution is -2.17. The first-order valence-electron chi connectivity index (χ1n) is 6.37. The van der Waals surface area contributed by atoms with Gasteiger partial charge in [-0.3, -0.25) is 9.59 Å². The minimum atomic E-state index is -0.906. The monoisotopic (exact) mass is 263 g/mol. The van der Waals surface area contributed by atoms with Gasteiger partial charge in [-0.15, -0.1) is 0 Å². The van der Waals surface area contributed by atoms with Crippen LogP contribution in [0.1, 0.15) is 39.2 Å². The SMILES string of the molecule is CC(C)(C)CCC(=O)Nc1ccccc1CC(=O)O. The van der Waals surface area contributed by atoms with E-state index in [0.717, 1.165) is 6.42 Å². The zero-order valence-corrected chi connectivity index (χ0v) is 11.7. The quantitative estimate of drug-likeness (QED) is 0.858. The van der Waals surface area contributed by atoms with Gasteiger partial charge in [-0.05, 0) is 23.5 Å². The van der Waals surface area contributed by atoms with E-state index in [1.165, 1.54) is 0 Å². The van der Waals surface area contributed by atoms with Crippen LogP contribution in [-0.2, 0) is 16.0 Å². The van der Waals surface area contributed by atoms with Gasteiger partial charge in [0.25, 0.3) is 0 Å². The Bertz CT molecular complexity index is 461. The van der Waals surface area contributed by atoms with Crippen LogP contribution < -0.4 is 5.32 Å². The number of amides is 1. The molecule has 1 rings (SSSR count). The maximum atomic E-state index is 11.8. The molecule has 4 nitrogen and oxygen atoms in total. The summed E-state index contributed by atoms with van der Waals surface area (Å²) >= 11 is 0.